The fourth-order valence-electron chi connectivity index (χ4n) is 3.83. The normalized spacial score (nSPS) is 16.4. The number of anilines is 1. The molecule has 9 heteroatoms. The van der Waals surface area contributed by atoms with E-state index < -0.39 is 17.8 Å². The minimum absolute atomic E-state index is 0.0598. The lowest BCUT2D eigenvalue weighted by Crippen LogP contribution is -2.50. The van der Waals surface area contributed by atoms with Crippen LogP contribution in [0.1, 0.15) is 16.7 Å². The number of nitrogens with zero attached hydrogens (tertiary/aromatic N) is 2. The van der Waals surface area contributed by atoms with Crippen molar-refractivity contribution in [2.75, 3.05) is 51.2 Å². The van der Waals surface area contributed by atoms with Crippen molar-refractivity contribution in [2.24, 2.45) is 0 Å². The van der Waals surface area contributed by atoms with Gasteiger partial charge >= 0.3 is 6.18 Å². The summed E-state index contributed by atoms with van der Waals surface area (Å²) < 4.78 is 43.7. The van der Waals surface area contributed by atoms with Crippen LogP contribution in [0.2, 0.25) is 0 Å². The minimum Gasteiger partial charge on any atom is -0.491 e. The highest BCUT2D eigenvalue weighted by Gasteiger charge is 2.30. The Labute approximate surface area is 191 Å². The van der Waals surface area contributed by atoms with Crippen LogP contribution in [-0.2, 0) is 11.0 Å². The summed E-state index contributed by atoms with van der Waals surface area (Å²) in [6, 6.07) is 10.5. The number of β-amino-alcohol motifs (C(OH)–C–C–N with tert-alkyl or cyclic N) is 1. The third kappa shape index (κ3) is 7.45. The number of hydrogen-bond acceptors (Lipinski definition) is 5. The van der Waals surface area contributed by atoms with Gasteiger partial charge in [0.25, 0.3) is 0 Å². The smallest absolute Gasteiger partial charge is 0.416 e. The second kappa shape index (κ2) is 11.0. The molecule has 1 heterocycles. The molecule has 0 aliphatic carbocycles. The van der Waals surface area contributed by atoms with E-state index in [2.05, 4.69) is 15.1 Å². The summed E-state index contributed by atoms with van der Waals surface area (Å²) in [5, 5.41) is 13.2. The van der Waals surface area contributed by atoms with E-state index in [0.717, 1.165) is 28.9 Å². The number of rotatable bonds is 8. The van der Waals surface area contributed by atoms with Gasteiger partial charge in [-0.1, -0.05) is 24.3 Å². The third-order valence-corrected chi connectivity index (χ3v) is 5.65. The van der Waals surface area contributed by atoms with E-state index >= 15 is 0 Å². The van der Waals surface area contributed by atoms with Crippen molar-refractivity contribution in [2.45, 2.75) is 26.1 Å². The molecule has 1 saturated heterocycles. The highest BCUT2D eigenvalue weighted by atomic mass is 19.4. The van der Waals surface area contributed by atoms with Crippen molar-refractivity contribution < 1.29 is 27.8 Å². The lowest BCUT2D eigenvalue weighted by Gasteiger charge is -2.35. The van der Waals surface area contributed by atoms with Crippen LogP contribution in [-0.4, -0.2) is 72.8 Å². The number of benzene rings is 2. The van der Waals surface area contributed by atoms with Gasteiger partial charge in [0, 0.05) is 38.4 Å². The molecule has 3 rings (SSSR count). The number of ether oxygens (including phenoxy) is 1. The summed E-state index contributed by atoms with van der Waals surface area (Å²) in [7, 11) is 0. The van der Waals surface area contributed by atoms with E-state index in [-0.39, 0.29) is 18.3 Å². The lowest BCUT2D eigenvalue weighted by atomic mass is 10.1. The fraction of sp³-hybridized carbons (Fsp3) is 0.458. The van der Waals surface area contributed by atoms with Gasteiger partial charge in [-0.05, 0) is 43.2 Å². The molecular weight excluding hydrogens is 435 g/mol. The van der Waals surface area contributed by atoms with Crippen LogP contribution in [0.15, 0.2) is 42.5 Å². The molecule has 1 amide bonds. The Morgan fingerprint density at radius 2 is 1.67 bits per heavy atom. The molecule has 1 fully saturated rings. The monoisotopic (exact) mass is 465 g/mol. The maximum Gasteiger partial charge on any atom is 0.416 e. The van der Waals surface area contributed by atoms with Crippen molar-refractivity contribution in [1.82, 2.24) is 9.80 Å². The number of aryl methyl sites for hydroxylation is 2. The van der Waals surface area contributed by atoms with Gasteiger partial charge in [0.05, 0.1) is 12.1 Å². The first-order valence-corrected chi connectivity index (χ1v) is 10.9. The molecule has 1 unspecified atom stereocenters. The predicted molar refractivity (Wildman–Crippen MR) is 120 cm³/mol. The van der Waals surface area contributed by atoms with Gasteiger partial charge in [0.1, 0.15) is 18.5 Å². The van der Waals surface area contributed by atoms with Crippen LogP contribution in [0.25, 0.3) is 0 Å². The largest absolute Gasteiger partial charge is 0.491 e. The number of carbonyl (C=O) groups is 1. The molecule has 180 valence electrons. The Hall–Kier alpha value is -2.62. The summed E-state index contributed by atoms with van der Waals surface area (Å²) in [4.78, 5) is 16.6. The number of para-hydroxylation sites is 1. The maximum absolute atomic E-state index is 12.8. The Morgan fingerprint density at radius 1 is 1.06 bits per heavy atom. The van der Waals surface area contributed by atoms with Gasteiger partial charge in [0.15, 0.2) is 0 Å². The lowest BCUT2D eigenvalue weighted by molar-refractivity contribution is -0.137. The van der Waals surface area contributed by atoms with Gasteiger partial charge < -0.3 is 15.2 Å². The first-order chi connectivity index (χ1) is 15.6. The minimum atomic E-state index is -4.44. The second-order valence-electron chi connectivity index (χ2n) is 8.38. The molecule has 2 N–H and O–H groups in total. The summed E-state index contributed by atoms with van der Waals surface area (Å²) in [6.45, 7) is 7.19. The molecule has 0 spiro atoms. The maximum atomic E-state index is 12.8. The zero-order chi connectivity index (χ0) is 24.0. The fourth-order valence-corrected chi connectivity index (χ4v) is 3.83. The zero-order valence-corrected chi connectivity index (χ0v) is 18.9. The van der Waals surface area contributed by atoms with Gasteiger partial charge in [-0.3, -0.25) is 14.6 Å². The van der Waals surface area contributed by atoms with Crippen LogP contribution >= 0.6 is 0 Å². The van der Waals surface area contributed by atoms with Crippen molar-refractivity contribution in [3.8, 4) is 5.75 Å². The van der Waals surface area contributed by atoms with Crippen molar-refractivity contribution in [3.63, 3.8) is 0 Å². The standard InChI is InChI=1S/C24H30F3N3O3/c1-17-5-3-6-18(2)23(17)28-22(32)15-30-11-9-29(10-12-30)14-20(31)16-33-21-8-4-7-19(13-21)24(25,26)27/h3-8,13,20,31H,9-12,14-16H2,1-2H3,(H,28,32). The highest BCUT2D eigenvalue weighted by molar-refractivity contribution is 5.93. The number of amides is 1. The quantitative estimate of drug-likeness (QED) is 0.626. The Bertz CT molecular complexity index is 924. The number of carbonyl (C=O) groups excluding carboxylic acids is 1. The molecule has 0 bridgehead atoms. The topological polar surface area (TPSA) is 65.0 Å². The summed E-state index contributed by atoms with van der Waals surface area (Å²) in [5.41, 5.74) is 2.11. The van der Waals surface area contributed by atoms with Gasteiger partial charge in [-0.15, -0.1) is 0 Å². The second-order valence-corrected chi connectivity index (χ2v) is 8.38. The number of nitrogens with one attached hydrogen (secondary N) is 1. The van der Waals surface area contributed by atoms with Crippen LogP contribution in [0.5, 0.6) is 5.75 Å². The SMILES string of the molecule is Cc1cccc(C)c1NC(=O)CN1CCN(CC(O)COc2cccc(C(F)(F)F)c2)CC1. The van der Waals surface area contributed by atoms with Crippen LogP contribution in [0.3, 0.4) is 0 Å². The van der Waals surface area contributed by atoms with E-state index in [1.54, 1.807) is 0 Å². The Kier molecular flexibility index (Phi) is 8.34. The Morgan fingerprint density at radius 3 is 2.30 bits per heavy atom. The first-order valence-electron chi connectivity index (χ1n) is 10.9. The number of alkyl halides is 3. The van der Waals surface area contributed by atoms with Crippen molar-refractivity contribution in [1.29, 1.82) is 0 Å². The highest BCUT2D eigenvalue weighted by Crippen LogP contribution is 2.31. The summed E-state index contributed by atoms with van der Waals surface area (Å²) >= 11 is 0. The number of hydrogen-bond donors (Lipinski definition) is 2. The number of aliphatic hydroxyl groups is 1. The molecule has 1 aliphatic rings. The van der Waals surface area contributed by atoms with Crippen molar-refractivity contribution in [3.05, 3.63) is 59.2 Å². The van der Waals surface area contributed by atoms with Gasteiger partial charge in [-0.25, -0.2) is 0 Å². The predicted octanol–water partition coefficient (Wildman–Crippen LogP) is 3.32. The van der Waals surface area contributed by atoms with E-state index in [0.29, 0.717) is 39.3 Å². The zero-order valence-electron chi connectivity index (χ0n) is 18.9. The number of halogens is 3. The molecule has 1 aliphatic heterocycles. The van der Waals surface area contributed by atoms with Gasteiger partial charge in [0.2, 0.25) is 5.91 Å². The van der Waals surface area contributed by atoms with Crippen LogP contribution < -0.4 is 10.1 Å². The summed E-state index contributed by atoms with van der Waals surface area (Å²) in [6.07, 6.45) is -5.27. The average Bonchev–Trinajstić information content (AvgIpc) is 2.76. The molecule has 2 aromatic rings. The number of aliphatic hydroxyl groups excluding tert-OH is 1. The molecule has 6 nitrogen and oxygen atoms in total. The van der Waals surface area contributed by atoms with Crippen LogP contribution in [0, 0.1) is 13.8 Å². The Balaban J connectivity index is 1.39. The molecule has 33 heavy (non-hydrogen) atoms. The van der Waals surface area contributed by atoms with E-state index in [9.17, 15) is 23.1 Å². The van der Waals surface area contributed by atoms with E-state index in [1.807, 2.05) is 32.0 Å². The van der Waals surface area contributed by atoms with E-state index in [4.69, 9.17) is 4.74 Å². The van der Waals surface area contributed by atoms with E-state index in [1.165, 1.54) is 12.1 Å². The molecule has 0 saturated carbocycles. The van der Waals surface area contributed by atoms with Crippen LogP contribution in [0.4, 0.5) is 18.9 Å². The van der Waals surface area contributed by atoms with Crippen molar-refractivity contribution >= 4 is 11.6 Å². The molecule has 2 aromatic carbocycles. The molecule has 0 radical (unpaired) electrons. The number of piperazine rings is 1. The molecule has 1 atom stereocenters. The third-order valence-electron chi connectivity index (χ3n) is 5.65. The molecule has 0 aromatic heterocycles. The van der Waals surface area contributed by atoms with Gasteiger partial charge in [-0.2, -0.15) is 13.2 Å². The molecular formula is C24H30F3N3O3. The average molecular weight is 466 g/mol. The first kappa shape index (κ1) is 25.0. The summed E-state index contributed by atoms with van der Waals surface area (Å²) in [5.74, 6) is 0.0129.